The van der Waals surface area contributed by atoms with Crippen molar-refractivity contribution in [1.29, 1.82) is 0 Å². The Morgan fingerprint density at radius 3 is 2.67 bits per heavy atom. The van der Waals surface area contributed by atoms with Crippen LogP contribution in [0, 0.1) is 0 Å². The van der Waals surface area contributed by atoms with Crippen LogP contribution in [0.3, 0.4) is 0 Å². The van der Waals surface area contributed by atoms with Crippen LogP contribution >= 0.6 is 22.7 Å². The van der Waals surface area contributed by atoms with E-state index >= 15 is 0 Å². The summed E-state index contributed by atoms with van der Waals surface area (Å²) >= 11 is 3.43. The van der Waals surface area contributed by atoms with Crippen molar-refractivity contribution in [1.82, 2.24) is 15.3 Å². The topological polar surface area (TPSA) is 37.8 Å². The Bertz CT molecular complexity index is 483. The van der Waals surface area contributed by atoms with Gasteiger partial charge < -0.3 is 5.32 Å². The molecule has 1 N–H and O–H groups in total. The Morgan fingerprint density at radius 1 is 1.33 bits per heavy atom. The molecule has 1 unspecified atom stereocenters. The summed E-state index contributed by atoms with van der Waals surface area (Å²) in [5.41, 5.74) is 1.26. The first-order valence-corrected chi connectivity index (χ1v) is 7.80. The van der Waals surface area contributed by atoms with Crippen molar-refractivity contribution in [2.75, 3.05) is 0 Å². The van der Waals surface area contributed by atoms with Crippen LogP contribution in [-0.2, 0) is 12.0 Å². The third kappa shape index (κ3) is 3.37. The zero-order valence-electron chi connectivity index (χ0n) is 11.2. The van der Waals surface area contributed by atoms with Crippen molar-refractivity contribution >= 4 is 22.7 Å². The SMILES string of the molecule is CC(NCc1csc(C(C)(C)C)n1)c1nccs1. The lowest BCUT2D eigenvalue weighted by molar-refractivity contribution is 0.555. The highest BCUT2D eigenvalue weighted by Gasteiger charge is 2.18. The average Bonchev–Trinajstić information content (AvgIpc) is 2.96. The molecule has 2 heterocycles. The highest BCUT2D eigenvalue weighted by molar-refractivity contribution is 7.10. The van der Waals surface area contributed by atoms with Crippen molar-refractivity contribution in [2.24, 2.45) is 0 Å². The summed E-state index contributed by atoms with van der Waals surface area (Å²) in [5, 5.41) is 9.93. The van der Waals surface area contributed by atoms with Gasteiger partial charge in [-0.2, -0.15) is 0 Å². The van der Waals surface area contributed by atoms with Gasteiger partial charge in [0.05, 0.1) is 16.7 Å². The summed E-state index contributed by atoms with van der Waals surface area (Å²) in [6.07, 6.45) is 1.85. The van der Waals surface area contributed by atoms with Crippen LogP contribution in [0.4, 0.5) is 0 Å². The van der Waals surface area contributed by atoms with Crippen LogP contribution in [0.2, 0.25) is 0 Å². The number of thiazole rings is 2. The number of hydrogen-bond donors (Lipinski definition) is 1. The van der Waals surface area contributed by atoms with E-state index in [0.717, 1.165) is 17.2 Å². The zero-order valence-corrected chi connectivity index (χ0v) is 12.9. The smallest absolute Gasteiger partial charge is 0.109 e. The van der Waals surface area contributed by atoms with Gasteiger partial charge in [-0.15, -0.1) is 22.7 Å². The fraction of sp³-hybridized carbons (Fsp3) is 0.538. The van der Waals surface area contributed by atoms with Gasteiger partial charge in [0.2, 0.25) is 0 Å². The lowest BCUT2D eigenvalue weighted by Gasteiger charge is -2.14. The van der Waals surface area contributed by atoms with Gasteiger partial charge in [-0.25, -0.2) is 9.97 Å². The number of aromatic nitrogens is 2. The third-order valence-electron chi connectivity index (χ3n) is 2.60. The van der Waals surface area contributed by atoms with E-state index in [0.29, 0.717) is 0 Å². The van der Waals surface area contributed by atoms with Crippen molar-refractivity contribution < 1.29 is 0 Å². The van der Waals surface area contributed by atoms with E-state index in [9.17, 15) is 0 Å². The minimum Gasteiger partial charge on any atom is -0.302 e. The molecule has 0 fully saturated rings. The van der Waals surface area contributed by atoms with Gasteiger partial charge in [-0.05, 0) is 6.92 Å². The predicted octanol–water partition coefficient (Wildman–Crippen LogP) is 3.75. The predicted molar refractivity (Wildman–Crippen MR) is 78.2 cm³/mol. The Balaban J connectivity index is 1.93. The fourth-order valence-corrected chi connectivity index (χ4v) is 3.10. The molecule has 2 aromatic rings. The van der Waals surface area contributed by atoms with E-state index in [2.05, 4.69) is 48.4 Å². The molecule has 3 nitrogen and oxygen atoms in total. The zero-order chi connectivity index (χ0) is 13.2. The summed E-state index contributed by atoms with van der Waals surface area (Å²) in [5.74, 6) is 0. The first-order chi connectivity index (χ1) is 8.47. The first-order valence-electron chi connectivity index (χ1n) is 6.04. The largest absolute Gasteiger partial charge is 0.302 e. The van der Waals surface area contributed by atoms with Crippen molar-refractivity contribution in [3.63, 3.8) is 0 Å². The second-order valence-electron chi connectivity index (χ2n) is 5.37. The Hall–Kier alpha value is -0.780. The van der Waals surface area contributed by atoms with Crippen LogP contribution < -0.4 is 5.32 Å². The Morgan fingerprint density at radius 2 is 2.11 bits per heavy atom. The fourth-order valence-electron chi connectivity index (χ4n) is 1.53. The van der Waals surface area contributed by atoms with Crippen molar-refractivity contribution in [3.8, 4) is 0 Å². The molecule has 0 aliphatic heterocycles. The normalized spacial score (nSPS) is 13.8. The van der Waals surface area contributed by atoms with Crippen LogP contribution in [0.15, 0.2) is 17.0 Å². The molecular weight excluding hydrogens is 262 g/mol. The van der Waals surface area contributed by atoms with Crippen LogP contribution in [0.25, 0.3) is 0 Å². The summed E-state index contributed by atoms with van der Waals surface area (Å²) in [6, 6.07) is 0.282. The molecule has 98 valence electrons. The molecule has 0 aliphatic rings. The van der Waals surface area contributed by atoms with Gasteiger partial charge in [-0.1, -0.05) is 20.8 Å². The molecule has 18 heavy (non-hydrogen) atoms. The molecule has 0 radical (unpaired) electrons. The highest BCUT2D eigenvalue weighted by atomic mass is 32.1. The number of rotatable bonds is 4. The van der Waals surface area contributed by atoms with E-state index < -0.39 is 0 Å². The second-order valence-corrected chi connectivity index (χ2v) is 7.15. The molecule has 2 rings (SSSR count). The average molecular weight is 281 g/mol. The summed E-state index contributed by atoms with van der Waals surface area (Å²) in [6.45, 7) is 9.52. The third-order valence-corrected chi connectivity index (χ3v) is 4.88. The molecule has 0 aromatic carbocycles. The summed E-state index contributed by atoms with van der Waals surface area (Å²) in [7, 11) is 0. The van der Waals surface area contributed by atoms with Gasteiger partial charge in [0.15, 0.2) is 0 Å². The Labute approximate surface area is 116 Å². The minimum atomic E-state index is 0.143. The Kier molecular flexibility index (Phi) is 4.14. The maximum atomic E-state index is 4.67. The monoisotopic (exact) mass is 281 g/mol. The van der Waals surface area contributed by atoms with Crippen molar-refractivity contribution in [2.45, 2.75) is 45.7 Å². The van der Waals surface area contributed by atoms with E-state index in [4.69, 9.17) is 0 Å². The quantitative estimate of drug-likeness (QED) is 0.927. The standard InChI is InChI=1S/C13H19N3S2/c1-9(11-14-5-6-17-11)15-7-10-8-18-12(16-10)13(2,3)4/h5-6,8-9,15H,7H2,1-4H3. The summed E-state index contributed by atoms with van der Waals surface area (Å²) in [4.78, 5) is 8.98. The summed E-state index contributed by atoms with van der Waals surface area (Å²) < 4.78 is 0. The second kappa shape index (κ2) is 5.47. The molecule has 0 amide bonds. The molecule has 0 bridgehead atoms. The van der Waals surface area contributed by atoms with Crippen molar-refractivity contribution in [3.05, 3.63) is 32.7 Å². The van der Waals surface area contributed by atoms with Gasteiger partial charge in [0.25, 0.3) is 0 Å². The van der Waals surface area contributed by atoms with E-state index in [1.807, 2.05) is 11.6 Å². The first kappa shape index (κ1) is 13.6. The van der Waals surface area contributed by atoms with Gasteiger partial charge in [0.1, 0.15) is 5.01 Å². The highest BCUT2D eigenvalue weighted by Crippen LogP contribution is 2.25. The van der Waals surface area contributed by atoms with Gasteiger partial charge in [0, 0.05) is 28.9 Å². The molecule has 1 atom stereocenters. The van der Waals surface area contributed by atoms with Gasteiger partial charge >= 0.3 is 0 Å². The van der Waals surface area contributed by atoms with Crippen LogP contribution in [0.1, 0.15) is 49.4 Å². The maximum absolute atomic E-state index is 4.67. The molecular formula is C13H19N3S2. The number of nitrogens with zero attached hydrogens (tertiary/aromatic N) is 2. The molecule has 2 aromatic heterocycles. The maximum Gasteiger partial charge on any atom is 0.109 e. The lowest BCUT2D eigenvalue weighted by atomic mass is 9.98. The molecule has 0 aliphatic carbocycles. The number of nitrogens with one attached hydrogen (secondary N) is 1. The van der Waals surface area contributed by atoms with Gasteiger partial charge in [-0.3, -0.25) is 0 Å². The van der Waals surface area contributed by atoms with Crippen LogP contribution in [0.5, 0.6) is 0 Å². The van der Waals surface area contributed by atoms with Crippen LogP contribution in [-0.4, -0.2) is 9.97 Å². The van der Waals surface area contributed by atoms with E-state index in [1.54, 1.807) is 22.7 Å². The molecule has 0 saturated carbocycles. The molecule has 0 spiro atoms. The molecule has 0 saturated heterocycles. The lowest BCUT2D eigenvalue weighted by Crippen LogP contribution is -2.18. The minimum absolute atomic E-state index is 0.143. The molecule has 5 heteroatoms. The van der Waals surface area contributed by atoms with E-state index in [-0.39, 0.29) is 11.5 Å². The van der Waals surface area contributed by atoms with E-state index in [1.165, 1.54) is 5.01 Å². The number of hydrogen-bond acceptors (Lipinski definition) is 5.